The molecule has 0 unspecified atom stereocenters. The lowest BCUT2D eigenvalue weighted by atomic mass is 10.2. The minimum atomic E-state index is -2.66. The Hall–Kier alpha value is -1.01. The molecule has 78 valence electrons. The van der Waals surface area contributed by atoms with Gasteiger partial charge in [0.05, 0.1) is 5.25 Å². The van der Waals surface area contributed by atoms with E-state index in [-0.39, 0.29) is 5.82 Å². The van der Waals surface area contributed by atoms with Crippen molar-refractivity contribution in [2.24, 2.45) is 0 Å². The molecule has 6 heteroatoms. The molecule has 5 nitrogen and oxygen atoms in total. The molecule has 1 aromatic rings. The van der Waals surface area contributed by atoms with Crippen LogP contribution in [0.25, 0.3) is 0 Å². The highest BCUT2D eigenvalue weighted by atomic mass is 32.2. The van der Waals surface area contributed by atoms with Gasteiger partial charge in [-0.25, -0.2) is 18.4 Å². The summed E-state index contributed by atoms with van der Waals surface area (Å²) in [5.74, 6) is 0.141. The highest BCUT2D eigenvalue weighted by Gasteiger charge is 2.20. The summed E-state index contributed by atoms with van der Waals surface area (Å²) in [6.45, 7) is 3.23. The molecular weight excluding hydrogens is 204 g/mol. The molecule has 0 aliphatic carbocycles. The molecule has 0 radical (unpaired) electrons. The average molecular weight is 216 g/mol. The number of rotatable bonds is 3. The number of aliphatic hydroxyl groups is 1. The zero-order valence-corrected chi connectivity index (χ0v) is 8.81. The van der Waals surface area contributed by atoms with Crippen molar-refractivity contribution in [1.29, 1.82) is 0 Å². The van der Waals surface area contributed by atoms with Crippen molar-refractivity contribution in [1.82, 2.24) is 9.97 Å². The van der Waals surface area contributed by atoms with Gasteiger partial charge in [-0.05, 0) is 19.4 Å². The molecule has 0 aliphatic heterocycles. The van der Waals surface area contributed by atoms with Crippen LogP contribution in [0.15, 0.2) is 12.4 Å². The first-order valence-electron chi connectivity index (χ1n) is 4.12. The molecule has 1 aromatic heterocycles. The van der Waals surface area contributed by atoms with Crippen molar-refractivity contribution in [3.63, 3.8) is 0 Å². The van der Waals surface area contributed by atoms with Gasteiger partial charge in [0.1, 0.15) is 16.8 Å². The number of aliphatic hydroxyl groups excluding tert-OH is 1. The summed E-state index contributed by atoms with van der Waals surface area (Å²) in [7, 11) is -2.66. The van der Waals surface area contributed by atoms with Gasteiger partial charge in [-0.3, -0.25) is 0 Å². The normalized spacial score (nSPS) is 15.4. The maximum absolute atomic E-state index is 10.6. The first-order valence-corrected chi connectivity index (χ1v) is 5.37. The molecular formula is C8H12N2O3S. The Morgan fingerprint density at radius 3 is 2.29 bits per heavy atom. The Bertz CT molecular complexity index is 367. The monoisotopic (exact) mass is 216 g/mol. The number of thiol groups is 1. The van der Waals surface area contributed by atoms with Gasteiger partial charge in [0.2, 0.25) is 0 Å². The molecule has 0 fully saturated rings. The summed E-state index contributed by atoms with van der Waals surface area (Å²) < 4.78 is 21.2. The van der Waals surface area contributed by atoms with Crippen LogP contribution in [-0.2, 0) is 10.7 Å². The third kappa shape index (κ3) is 2.49. The predicted octanol–water partition coefficient (Wildman–Crippen LogP) is -0.182. The molecule has 0 amide bonds. The topological polar surface area (TPSA) is 80.2 Å². The number of aromatic nitrogens is 2. The molecule has 0 saturated heterocycles. The summed E-state index contributed by atoms with van der Waals surface area (Å²) in [5, 5.41) is 8.67. The smallest absolute Gasteiger partial charge is 0.158 e. The predicted molar refractivity (Wildman–Crippen MR) is 51.5 cm³/mol. The van der Waals surface area contributed by atoms with Crippen molar-refractivity contribution in [3.8, 4) is 0 Å². The highest BCUT2D eigenvalue weighted by molar-refractivity contribution is 7.73. The van der Waals surface area contributed by atoms with E-state index >= 15 is 0 Å². The van der Waals surface area contributed by atoms with Crippen LogP contribution < -0.4 is 0 Å². The van der Waals surface area contributed by atoms with E-state index in [9.17, 15) is 13.5 Å². The summed E-state index contributed by atoms with van der Waals surface area (Å²) in [4.78, 5) is 7.71. The minimum absolute atomic E-state index is 0.141. The van der Waals surface area contributed by atoms with Gasteiger partial charge in [-0.1, -0.05) is 0 Å². The van der Waals surface area contributed by atoms with E-state index < -0.39 is 22.1 Å². The van der Waals surface area contributed by atoms with Gasteiger partial charge < -0.3 is 5.11 Å². The molecule has 2 atom stereocenters. The number of hydrogen-bond donors (Lipinski definition) is 2. The maximum Gasteiger partial charge on any atom is 0.158 e. The van der Waals surface area contributed by atoms with E-state index in [2.05, 4.69) is 9.97 Å². The SMILES string of the molecule is Cc1cnc([C@@H](O)[C@H](C)[SH](=O)=O)nc1. The van der Waals surface area contributed by atoms with Crippen LogP contribution in [0.5, 0.6) is 0 Å². The zero-order valence-electron chi connectivity index (χ0n) is 7.91. The fourth-order valence-electron chi connectivity index (χ4n) is 0.886. The van der Waals surface area contributed by atoms with Crippen LogP contribution in [0.1, 0.15) is 24.4 Å². The fraction of sp³-hybridized carbons (Fsp3) is 0.500. The third-order valence-corrected chi connectivity index (χ3v) is 2.80. The van der Waals surface area contributed by atoms with Crippen molar-refractivity contribution >= 4 is 10.7 Å². The summed E-state index contributed by atoms with van der Waals surface area (Å²) in [6, 6.07) is 0. The lowest BCUT2D eigenvalue weighted by molar-refractivity contribution is 0.167. The number of nitrogens with zero attached hydrogens (tertiary/aromatic N) is 2. The maximum atomic E-state index is 10.6. The molecule has 0 bridgehead atoms. The lowest BCUT2D eigenvalue weighted by Crippen LogP contribution is -2.18. The van der Waals surface area contributed by atoms with Crippen molar-refractivity contribution in [2.75, 3.05) is 0 Å². The molecule has 1 heterocycles. The second kappa shape index (κ2) is 4.47. The number of hydrogen-bond acceptors (Lipinski definition) is 5. The van der Waals surface area contributed by atoms with E-state index in [1.807, 2.05) is 6.92 Å². The van der Waals surface area contributed by atoms with Gasteiger partial charge in [0, 0.05) is 12.4 Å². The molecule has 1 N–H and O–H groups in total. The Balaban J connectivity index is 2.89. The molecule has 0 aromatic carbocycles. The van der Waals surface area contributed by atoms with Crippen LogP contribution in [0.2, 0.25) is 0 Å². The quantitative estimate of drug-likeness (QED) is 0.685. The highest BCUT2D eigenvalue weighted by Crippen LogP contribution is 2.13. The Morgan fingerprint density at radius 2 is 1.86 bits per heavy atom. The Kier molecular flexibility index (Phi) is 3.54. The van der Waals surface area contributed by atoms with Gasteiger partial charge in [-0.15, -0.1) is 0 Å². The third-order valence-electron chi connectivity index (χ3n) is 1.85. The van der Waals surface area contributed by atoms with Crippen LogP contribution in [-0.4, -0.2) is 28.7 Å². The average Bonchev–Trinajstić information content (AvgIpc) is 2.16. The molecule has 0 saturated carbocycles. The van der Waals surface area contributed by atoms with Crippen LogP contribution >= 0.6 is 0 Å². The first-order chi connectivity index (χ1) is 6.52. The fourth-order valence-corrected chi connectivity index (χ4v) is 1.25. The second-order valence-corrected chi connectivity index (χ2v) is 4.47. The van der Waals surface area contributed by atoms with Crippen LogP contribution in [0.4, 0.5) is 0 Å². The largest absolute Gasteiger partial charge is 0.384 e. The van der Waals surface area contributed by atoms with Crippen LogP contribution in [0, 0.1) is 6.92 Å². The lowest BCUT2D eigenvalue weighted by Gasteiger charge is -2.11. The number of aryl methyl sites for hydroxylation is 1. The van der Waals surface area contributed by atoms with Crippen LogP contribution in [0.3, 0.4) is 0 Å². The minimum Gasteiger partial charge on any atom is -0.384 e. The second-order valence-electron chi connectivity index (χ2n) is 3.09. The molecule has 1 rings (SSSR count). The standard InChI is InChI=1S/C8H12N2O3S/c1-5-3-9-8(10-4-5)7(11)6(2)14(12)13/h3-4,6-7,11,14H,1-2H3/t6-,7-/m0/s1. The molecule has 14 heavy (non-hydrogen) atoms. The molecule has 0 spiro atoms. The van der Waals surface area contributed by atoms with Gasteiger partial charge in [0.15, 0.2) is 5.82 Å². The zero-order chi connectivity index (χ0) is 10.7. The first kappa shape index (κ1) is 11.1. The van der Waals surface area contributed by atoms with E-state index in [0.29, 0.717) is 0 Å². The van der Waals surface area contributed by atoms with E-state index in [0.717, 1.165) is 5.56 Å². The van der Waals surface area contributed by atoms with Gasteiger partial charge in [-0.2, -0.15) is 0 Å². The molecule has 0 aliphatic rings. The van der Waals surface area contributed by atoms with E-state index in [1.54, 1.807) is 0 Å². The summed E-state index contributed by atoms with van der Waals surface area (Å²) in [5.41, 5.74) is 0.861. The van der Waals surface area contributed by atoms with E-state index in [4.69, 9.17) is 0 Å². The summed E-state index contributed by atoms with van der Waals surface area (Å²) in [6.07, 6.45) is 1.92. The Morgan fingerprint density at radius 1 is 1.36 bits per heavy atom. The summed E-state index contributed by atoms with van der Waals surface area (Å²) >= 11 is 0. The van der Waals surface area contributed by atoms with Crippen molar-refractivity contribution in [3.05, 3.63) is 23.8 Å². The van der Waals surface area contributed by atoms with Crippen molar-refractivity contribution in [2.45, 2.75) is 25.2 Å². The Labute approximate surface area is 83.8 Å². The van der Waals surface area contributed by atoms with Crippen molar-refractivity contribution < 1.29 is 13.5 Å². The van der Waals surface area contributed by atoms with Gasteiger partial charge in [0.25, 0.3) is 0 Å². The van der Waals surface area contributed by atoms with E-state index in [1.165, 1.54) is 19.3 Å². The van der Waals surface area contributed by atoms with Gasteiger partial charge >= 0.3 is 0 Å².